The summed E-state index contributed by atoms with van der Waals surface area (Å²) in [5, 5.41) is 7.11. The topological polar surface area (TPSA) is 96.7 Å². The maximum absolute atomic E-state index is 12.7. The normalized spacial score (nSPS) is 15.4. The molecule has 8 nitrogen and oxygen atoms in total. The molecule has 3 aromatic rings. The Labute approximate surface area is 181 Å². The van der Waals surface area contributed by atoms with Crippen molar-refractivity contribution in [2.24, 2.45) is 4.40 Å². The summed E-state index contributed by atoms with van der Waals surface area (Å²) in [4.78, 5) is 14.6. The standard InChI is InChI=1S/C22H23N5O3S/c1-16-14-20(24-27(16)18-9-4-3-5-10-18)22(28)23-17-8-6-11-19(15-17)31(29,30)25-21-12-7-13-26(21)2/h3-6,8-11,14-15H,7,12-13H2,1-2H3,(H,23,28). The van der Waals surface area contributed by atoms with E-state index in [0.29, 0.717) is 17.9 Å². The molecule has 1 aromatic heterocycles. The van der Waals surface area contributed by atoms with Crippen LogP contribution in [0.5, 0.6) is 0 Å². The Morgan fingerprint density at radius 1 is 1.10 bits per heavy atom. The summed E-state index contributed by atoms with van der Waals surface area (Å²) in [5.41, 5.74) is 2.26. The van der Waals surface area contributed by atoms with Gasteiger partial charge in [-0.05, 0) is 49.7 Å². The molecule has 0 spiro atoms. The van der Waals surface area contributed by atoms with E-state index in [-0.39, 0.29) is 10.6 Å². The van der Waals surface area contributed by atoms with Crippen LogP contribution in [0, 0.1) is 6.92 Å². The van der Waals surface area contributed by atoms with Gasteiger partial charge in [-0.2, -0.15) is 13.5 Å². The largest absolute Gasteiger partial charge is 0.362 e. The summed E-state index contributed by atoms with van der Waals surface area (Å²) in [6.07, 6.45) is 1.52. The minimum atomic E-state index is -3.86. The Morgan fingerprint density at radius 2 is 1.87 bits per heavy atom. The number of amides is 1. The van der Waals surface area contributed by atoms with Gasteiger partial charge in [-0.15, -0.1) is 4.40 Å². The molecular weight excluding hydrogens is 414 g/mol. The molecule has 160 valence electrons. The predicted molar refractivity (Wildman–Crippen MR) is 119 cm³/mol. The zero-order chi connectivity index (χ0) is 22.0. The highest BCUT2D eigenvalue weighted by atomic mass is 32.2. The molecule has 2 heterocycles. The van der Waals surface area contributed by atoms with E-state index >= 15 is 0 Å². The second kappa shape index (κ2) is 8.35. The molecule has 1 aliphatic rings. The average molecular weight is 438 g/mol. The number of hydrogen-bond donors (Lipinski definition) is 1. The minimum Gasteiger partial charge on any atom is -0.362 e. The Morgan fingerprint density at radius 3 is 2.58 bits per heavy atom. The van der Waals surface area contributed by atoms with Gasteiger partial charge in [0.25, 0.3) is 15.9 Å². The van der Waals surface area contributed by atoms with Crippen LogP contribution < -0.4 is 5.32 Å². The summed E-state index contributed by atoms with van der Waals surface area (Å²) < 4.78 is 31.1. The number of hydrogen-bond acceptors (Lipinski definition) is 4. The molecular formula is C22H23N5O3S. The molecule has 0 saturated carbocycles. The molecule has 2 aromatic carbocycles. The van der Waals surface area contributed by atoms with Crippen molar-refractivity contribution < 1.29 is 13.2 Å². The number of rotatable bonds is 5. The van der Waals surface area contributed by atoms with Gasteiger partial charge in [0.05, 0.1) is 10.6 Å². The van der Waals surface area contributed by atoms with Crippen LogP contribution in [-0.2, 0) is 10.0 Å². The fourth-order valence-electron chi connectivity index (χ4n) is 3.45. The number of amidine groups is 1. The Bertz CT molecular complexity index is 1250. The number of anilines is 1. The van der Waals surface area contributed by atoms with Crippen LogP contribution in [0.4, 0.5) is 5.69 Å². The minimum absolute atomic E-state index is 0.0316. The van der Waals surface area contributed by atoms with Crippen LogP contribution in [0.2, 0.25) is 0 Å². The SMILES string of the molecule is Cc1cc(C(=O)Nc2cccc(S(=O)(=O)N=C3CCCN3C)c2)nn1-c1ccccc1. The van der Waals surface area contributed by atoms with Crippen LogP contribution in [0.3, 0.4) is 0 Å². The third-order valence-electron chi connectivity index (χ3n) is 5.07. The van der Waals surface area contributed by atoms with Crippen LogP contribution in [-0.4, -0.2) is 48.4 Å². The van der Waals surface area contributed by atoms with E-state index in [2.05, 4.69) is 14.8 Å². The Balaban J connectivity index is 1.55. The first-order valence-corrected chi connectivity index (χ1v) is 11.4. The van der Waals surface area contributed by atoms with E-state index in [1.165, 1.54) is 12.1 Å². The third-order valence-corrected chi connectivity index (χ3v) is 6.37. The Hall–Kier alpha value is -3.46. The van der Waals surface area contributed by atoms with Gasteiger partial charge < -0.3 is 10.2 Å². The number of aromatic nitrogens is 2. The highest BCUT2D eigenvalue weighted by molar-refractivity contribution is 7.90. The number of aryl methyl sites for hydroxylation is 1. The molecule has 0 radical (unpaired) electrons. The highest BCUT2D eigenvalue weighted by Crippen LogP contribution is 2.21. The first-order chi connectivity index (χ1) is 14.8. The molecule has 1 saturated heterocycles. The molecule has 4 rings (SSSR count). The summed E-state index contributed by atoms with van der Waals surface area (Å²) in [6, 6.07) is 17.3. The lowest BCUT2D eigenvalue weighted by Gasteiger charge is -2.11. The first kappa shape index (κ1) is 20.8. The van der Waals surface area contributed by atoms with Crippen LogP contribution in [0.1, 0.15) is 29.0 Å². The quantitative estimate of drug-likeness (QED) is 0.661. The summed E-state index contributed by atoms with van der Waals surface area (Å²) in [7, 11) is -2.03. The number of likely N-dealkylation sites (tertiary alicyclic amines) is 1. The van der Waals surface area contributed by atoms with Crippen molar-refractivity contribution in [1.29, 1.82) is 0 Å². The van der Waals surface area contributed by atoms with Gasteiger partial charge in [-0.1, -0.05) is 24.3 Å². The Kier molecular flexibility index (Phi) is 5.60. The number of nitrogens with one attached hydrogen (secondary N) is 1. The fraction of sp³-hybridized carbons (Fsp3) is 0.227. The second-order valence-electron chi connectivity index (χ2n) is 7.41. The van der Waals surface area contributed by atoms with E-state index in [9.17, 15) is 13.2 Å². The molecule has 0 unspecified atom stereocenters. The van der Waals surface area contributed by atoms with E-state index in [4.69, 9.17) is 0 Å². The molecule has 0 atom stereocenters. The summed E-state index contributed by atoms with van der Waals surface area (Å²) in [5.74, 6) is 0.130. The van der Waals surface area contributed by atoms with Gasteiger partial charge >= 0.3 is 0 Å². The monoisotopic (exact) mass is 437 g/mol. The van der Waals surface area contributed by atoms with Crippen molar-refractivity contribution in [2.75, 3.05) is 18.9 Å². The molecule has 1 N–H and O–H groups in total. The van der Waals surface area contributed by atoms with Crippen LogP contribution in [0.25, 0.3) is 5.69 Å². The second-order valence-corrected chi connectivity index (χ2v) is 9.01. The summed E-state index contributed by atoms with van der Waals surface area (Å²) >= 11 is 0. The number of sulfonamides is 1. The number of carbonyl (C=O) groups is 1. The van der Waals surface area contributed by atoms with Crippen molar-refractivity contribution in [3.8, 4) is 5.69 Å². The molecule has 0 aliphatic carbocycles. The molecule has 1 amide bonds. The number of benzene rings is 2. The molecule has 1 aliphatic heterocycles. The van der Waals surface area contributed by atoms with Gasteiger partial charge in [0.2, 0.25) is 0 Å². The zero-order valence-corrected chi connectivity index (χ0v) is 18.1. The lowest BCUT2D eigenvalue weighted by atomic mass is 10.3. The van der Waals surface area contributed by atoms with E-state index in [1.807, 2.05) is 49.2 Å². The van der Waals surface area contributed by atoms with Gasteiger partial charge in [-0.25, -0.2) is 4.68 Å². The maximum Gasteiger partial charge on any atom is 0.284 e. The lowest BCUT2D eigenvalue weighted by molar-refractivity contribution is 0.102. The van der Waals surface area contributed by atoms with Crippen molar-refractivity contribution >= 4 is 27.5 Å². The average Bonchev–Trinajstić information content (AvgIpc) is 3.34. The highest BCUT2D eigenvalue weighted by Gasteiger charge is 2.21. The van der Waals surface area contributed by atoms with Crippen LogP contribution >= 0.6 is 0 Å². The van der Waals surface area contributed by atoms with Crippen molar-refractivity contribution in [2.45, 2.75) is 24.7 Å². The smallest absolute Gasteiger partial charge is 0.284 e. The van der Waals surface area contributed by atoms with Crippen LogP contribution in [0.15, 0.2) is 70.0 Å². The number of carbonyl (C=O) groups excluding carboxylic acids is 1. The molecule has 1 fully saturated rings. The molecule has 31 heavy (non-hydrogen) atoms. The summed E-state index contributed by atoms with van der Waals surface area (Å²) in [6.45, 7) is 2.66. The maximum atomic E-state index is 12.7. The molecule has 0 bridgehead atoms. The molecule has 9 heteroatoms. The fourth-order valence-corrected chi connectivity index (χ4v) is 4.59. The zero-order valence-electron chi connectivity index (χ0n) is 17.3. The first-order valence-electron chi connectivity index (χ1n) is 9.92. The van der Waals surface area contributed by atoms with Gasteiger partial charge in [0, 0.05) is 31.4 Å². The van der Waals surface area contributed by atoms with Gasteiger partial charge in [0.1, 0.15) is 5.84 Å². The van der Waals surface area contributed by atoms with Crippen molar-refractivity contribution in [3.63, 3.8) is 0 Å². The van der Waals surface area contributed by atoms with E-state index < -0.39 is 15.9 Å². The number of para-hydroxylation sites is 1. The third kappa shape index (κ3) is 4.51. The lowest BCUT2D eigenvalue weighted by Crippen LogP contribution is -2.20. The van der Waals surface area contributed by atoms with Gasteiger partial charge in [0.15, 0.2) is 5.69 Å². The van der Waals surface area contributed by atoms with Crippen molar-refractivity contribution in [3.05, 3.63) is 72.1 Å². The predicted octanol–water partition coefficient (Wildman–Crippen LogP) is 3.25. The van der Waals surface area contributed by atoms with Gasteiger partial charge in [-0.3, -0.25) is 4.79 Å². The number of nitrogens with zero attached hydrogens (tertiary/aromatic N) is 4. The van der Waals surface area contributed by atoms with E-state index in [0.717, 1.165) is 24.3 Å². The van der Waals surface area contributed by atoms with Crippen molar-refractivity contribution in [1.82, 2.24) is 14.7 Å². The van der Waals surface area contributed by atoms with E-state index in [1.54, 1.807) is 22.9 Å².